The fourth-order valence-electron chi connectivity index (χ4n) is 1.57. The maximum absolute atomic E-state index is 5.76. The Kier molecular flexibility index (Phi) is 3.63. The van der Waals surface area contributed by atoms with Crippen LogP contribution in [0, 0.1) is 0 Å². The van der Waals surface area contributed by atoms with Crippen molar-refractivity contribution in [1.29, 1.82) is 0 Å². The van der Waals surface area contributed by atoms with Crippen molar-refractivity contribution in [3.05, 3.63) is 39.7 Å². The van der Waals surface area contributed by atoms with Crippen LogP contribution in [-0.4, -0.2) is 7.11 Å². The lowest BCUT2D eigenvalue weighted by atomic mass is 10.1. The quantitative estimate of drug-likeness (QED) is 0.939. The van der Waals surface area contributed by atoms with Crippen molar-refractivity contribution in [3.8, 4) is 16.2 Å². The van der Waals surface area contributed by atoms with E-state index in [1.807, 2.05) is 18.2 Å². The van der Waals surface area contributed by atoms with E-state index in [-0.39, 0.29) is 0 Å². The topological polar surface area (TPSA) is 35.2 Å². The molecule has 0 fully saturated rings. The zero-order valence-corrected chi connectivity index (χ0v) is 11.3. The summed E-state index contributed by atoms with van der Waals surface area (Å²) in [4.78, 5) is 1.21. The molecule has 0 amide bonds. The zero-order chi connectivity index (χ0) is 11.5. The van der Waals surface area contributed by atoms with E-state index >= 15 is 0 Å². The van der Waals surface area contributed by atoms with E-state index in [0.717, 1.165) is 15.8 Å². The van der Waals surface area contributed by atoms with E-state index in [1.165, 1.54) is 10.4 Å². The lowest BCUT2D eigenvalue weighted by Gasteiger charge is -2.09. The van der Waals surface area contributed by atoms with Crippen molar-refractivity contribution in [2.24, 2.45) is 5.73 Å². The molecule has 0 unspecified atom stereocenters. The van der Waals surface area contributed by atoms with E-state index in [2.05, 4.69) is 27.4 Å². The van der Waals surface area contributed by atoms with Crippen molar-refractivity contribution >= 4 is 27.3 Å². The second-order valence-corrected chi connectivity index (χ2v) is 5.10. The van der Waals surface area contributed by atoms with Crippen LogP contribution in [0.1, 0.15) is 5.56 Å². The summed E-state index contributed by atoms with van der Waals surface area (Å²) in [5, 5.41) is 2.06. The Balaban J connectivity index is 2.53. The standard InChI is InChI=1S/C12H12BrNOS/c1-15-9-2-3-10(8(6-9)7-14)12-11(13)4-5-16-12/h2-6H,7,14H2,1H3. The van der Waals surface area contributed by atoms with E-state index < -0.39 is 0 Å². The highest BCUT2D eigenvalue weighted by Gasteiger charge is 2.09. The summed E-state index contributed by atoms with van der Waals surface area (Å²) < 4.78 is 6.30. The molecule has 0 atom stereocenters. The van der Waals surface area contributed by atoms with Crippen LogP contribution in [0.2, 0.25) is 0 Å². The van der Waals surface area contributed by atoms with Crippen molar-refractivity contribution in [2.75, 3.05) is 7.11 Å². The van der Waals surface area contributed by atoms with Gasteiger partial charge in [0.1, 0.15) is 5.75 Å². The molecule has 1 aromatic heterocycles. The minimum atomic E-state index is 0.511. The first-order valence-electron chi connectivity index (χ1n) is 4.86. The maximum Gasteiger partial charge on any atom is 0.119 e. The molecule has 0 spiro atoms. The van der Waals surface area contributed by atoms with Crippen LogP contribution in [0.5, 0.6) is 5.75 Å². The van der Waals surface area contributed by atoms with Gasteiger partial charge >= 0.3 is 0 Å². The first-order chi connectivity index (χ1) is 7.76. The van der Waals surface area contributed by atoms with Crippen LogP contribution in [-0.2, 0) is 6.54 Å². The third-order valence-electron chi connectivity index (χ3n) is 2.39. The van der Waals surface area contributed by atoms with Gasteiger partial charge in [0.25, 0.3) is 0 Å². The highest BCUT2D eigenvalue weighted by molar-refractivity contribution is 9.10. The number of benzene rings is 1. The van der Waals surface area contributed by atoms with Gasteiger partial charge in [-0.25, -0.2) is 0 Å². The predicted octanol–water partition coefficient (Wildman–Crippen LogP) is 3.64. The molecule has 1 heterocycles. The molecule has 1 aromatic carbocycles. The largest absolute Gasteiger partial charge is 0.497 e. The zero-order valence-electron chi connectivity index (χ0n) is 8.87. The van der Waals surface area contributed by atoms with E-state index in [1.54, 1.807) is 18.4 Å². The van der Waals surface area contributed by atoms with Gasteiger partial charge in [-0.05, 0) is 56.7 Å². The molecule has 2 aromatic rings. The van der Waals surface area contributed by atoms with Gasteiger partial charge in [-0.3, -0.25) is 0 Å². The number of methoxy groups -OCH3 is 1. The lowest BCUT2D eigenvalue weighted by Crippen LogP contribution is -1.99. The van der Waals surface area contributed by atoms with E-state index in [0.29, 0.717) is 6.54 Å². The number of hydrogen-bond acceptors (Lipinski definition) is 3. The Labute approximate surface area is 107 Å². The molecule has 84 valence electrons. The summed E-state index contributed by atoms with van der Waals surface area (Å²) >= 11 is 5.24. The summed E-state index contributed by atoms with van der Waals surface area (Å²) in [5.74, 6) is 0.844. The minimum Gasteiger partial charge on any atom is -0.497 e. The van der Waals surface area contributed by atoms with Crippen LogP contribution in [0.15, 0.2) is 34.1 Å². The van der Waals surface area contributed by atoms with Crippen molar-refractivity contribution in [3.63, 3.8) is 0 Å². The summed E-state index contributed by atoms with van der Waals surface area (Å²) in [6.45, 7) is 0.511. The highest BCUT2D eigenvalue weighted by atomic mass is 79.9. The maximum atomic E-state index is 5.76. The average Bonchev–Trinajstić information content (AvgIpc) is 2.74. The summed E-state index contributed by atoms with van der Waals surface area (Å²) in [6, 6.07) is 8.05. The van der Waals surface area contributed by atoms with Crippen LogP contribution in [0.25, 0.3) is 10.4 Å². The molecule has 2 N–H and O–H groups in total. The number of ether oxygens (including phenoxy) is 1. The molecule has 0 saturated heterocycles. The summed E-state index contributed by atoms with van der Waals surface area (Å²) in [7, 11) is 1.66. The number of rotatable bonds is 3. The fourth-order valence-corrected chi connectivity index (χ4v) is 3.22. The van der Waals surface area contributed by atoms with E-state index in [4.69, 9.17) is 10.5 Å². The third kappa shape index (κ3) is 2.14. The lowest BCUT2D eigenvalue weighted by molar-refractivity contribution is 0.414. The molecule has 0 bridgehead atoms. The molecule has 2 nitrogen and oxygen atoms in total. The Morgan fingerprint density at radius 3 is 2.75 bits per heavy atom. The van der Waals surface area contributed by atoms with Crippen molar-refractivity contribution in [1.82, 2.24) is 0 Å². The number of thiophene rings is 1. The molecule has 0 saturated carbocycles. The third-order valence-corrected chi connectivity index (χ3v) is 4.27. The van der Waals surface area contributed by atoms with Crippen LogP contribution >= 0.6 is 27.3 Å². The molecule has 16 heavy (non-hydrogen) atoms. The van der Waals surface area contributed by atoms with Crippen LogP contribution in [0.4, 0.5) is 0 Å². The average molecular weight is 298 g/mol. The fraction of sp³-hybridized carbons (Fsp3) is 0.167. The molecule has 0 aliphatic rings. The molecular formula is C12H12BrNOS. The summed E-state index contributed by atoms with van der Waals surface area (Å²) in [6.07, 6.45) is 0. The minimum absolute atomic E-state index is 0.511. The monoisotopic (exact) mass is 297 g/mol. The molecule has 0 aliphatic heterocycles. The van der Waals surface area contributed by atoms with Gasteiger partial charge in [-0.15, -0.1) is 11.3 Å². The number of nitrogens with two attached hydrogens (primary N) is 1. The van der Waals surface area contributed by atoms with Crippen LogP contribution < -0.4 is 10.5 Å². The Morgan fingerprint density at radius 1 is 1.38 bits per heavy atom. The molecule has 2 rings (SSSR count). The smallest absolute Gasteiger partial charge is 0.119 e. The van der Waals surface area contributed by atoms with Gasteiger partial charge in [0, 0.05) is 15.9 Å². The van der Waals surface area contributed by atoms with Gasteiger partial charge < -0.3 is 10.5 Å². The number of halogens is 1. The molecule has 4 heteroatoms. The van der Waals surface area contributed by atoms with Gasteiger partial charge in [0.05, 0.1) is 7.11 Å². The Hall–Kier alpha value is -0.840. The first-order valence-corrected chi connectivity index (χ1v) is 6.54. The Bertz CT molecular complexity index is 496. The van der Waals surface area contributed by atoms with Crippen LogP contribution in [0.3, 0.4) is 0 Å². The highest BCUT2D eigenvalue weighted by Crippen LogP contribution is 2.36. The van der Waals surface area contributed by atoms with E-state index in [9.17, 15) is 0 Å². The molecule has 0 aliphatic carbocycles. The van der Waals surface area contributed by atoms with Gasteiger partial charge in [-0.1, -0.05) is 0 Å². The van der Waals surface area contributed by atoms with Crippen molar-refractivity contribution in [2.45, 2.75) is 6.54 Å². The molecular weight excluding hydrogens is 286 g/mol. The normalized spacial score (nSPS) is 10.4. The molecule has 0 radical (unpaired) electrons. The SMILES string of the molecule is COc1ccc(-c2sccc2Br)c(CN)c1. The van der Waals surface area contributed by atoms with Gasteiger partial charge in [-0.2, -0.15) is 0 Å². The number of hydrogen-bond donors (Lipinski definition) is 1. The van der Waals surface area contributed by atoms with Gasteiger partial charge in [0.2, 0.25) is 0 Å². The second-order valence-electron chi connectivity index (χ2n) is 3.32. The first kappa shape index (κ1) is 11.6. The predicted molar refractivity (Wildman–Crippen MR) is 71.9 cm³/mol. The van der Waals surface area contributed by atoms with Crippen molar-refractivity contribution < 1.29 is 4.74 Å². The Morgan fingerprint density at radius 2 is 2.19 bits per heavy atom. The van der Waals surface area contributed by atoms with Gasteiger partial charge in [0.15, 0.2) is 0 Å². The second kappa shape index (κ2) is 4.99. The summed E-state index contributed by atoms with van der Waals surface area (Å²) in [5.41, 5.74) is 8.04.